The van der Waals surface area contributed by atoms with E-state index in [0.29, 0.717) is 12.5 Å². The highest BCUT2D eigenvalue weighted by Crippen LogP contribution is 2.20. The molecule has 0 fully saturated rings. The number of aromatic nitrogens is 2. The Kier molecular flexibility index (Phi) is 7.60. The van der Waals surface area contributed by atoms with Crippen LogP contribution in [0, 0.1) is 19.8 Å². The summed E-state index contributed by atoms with van der Waals surface area (Å²) < 4.78 is 1.80. The van der Waals surface area contributed by atoms with Gasteiger partial charge in [0.1, 0.15) is 6.04 Å². The van der Waals surface area contributed by atoms with E-state index in [2.05, 4.69) is 60.8 Å². The van der Waals surface area contributed by atoms with Crippen LogP contribution in [0.4, 0.5) is 5.69 Å². The number of benzene rings is 1. The van der Waals surface area contributed by atoms with Gasteiger partial charge in [0.25, 0.3) is 5.91 Å². The predicted molar refractivity (Wildman–Crippen MR) is 111 cm³/mol. The number of quaternary nitrogens is 1. The van der Waals surface area contributed by atoms with Gasteiger partial charge in [-0.25, -0.2) is 0 Å². The number of amides is 1. The Morgan fingerprint density at radius 3 is 2.41 bits per heavy atom. The number of nitrogens with one attached hydrogen (secondary N) is 1. The lowest BCUT2D eigenvalue weighted by molar-refractivity contribution is -0.692. The number of hydrogen-bond acceptors (Lipinski definition) is 2. The smallest absolute Gasteiger partial charge is 0.279 e. The molecular weight excluding hydrogens is 336 g/mol. The van der Waals surface area contributed by atoms with Crippen LogP contribution in [-0.4, -0.2) is 22.2 Å². The van der Waals surface area contributed by atoms with Crippen LogP contribution in [0.2, 0.25) is 0 Å². The standard InChI is InChI=1S/C22H34N4O/c1-7-8-9-18-10-12-19(13-11-18)21(15(2)3)23-14-20(27)24-22-16(4)25-26(6)17(22)5/h10-13,15,21,23H,7-9,14H2,1-6H3,(H,24,27)/p+1/t21-/m1/s1. The van der Waals surface area contributed by atoms with Crippen molar-refractivity contribution in [1.82, 2.24) is 9.78 Å². The summed E-state index contributed by atoms with van der Waals surface area (Å²) in [6, 6.07) is 9.18. The van der Waals surface area contributed by atoms with Crippen molar-refractivity contribution in [1.29, 1.82) is 0 Å². The van der Waals surface area contributed by atoms with E-state index in [0.717, 1.165) is 23.5 Å². The van der Waals surface area contributed by atoms with E-state index in [1.165, 1.54) is 24.0 Å². The fraction of sp³-hybridized carbons (Fsp3) is 0.545. The van der Waals surface area contributed by atoms with Crippen molar-refractivity contribution < 1.29 is 10.1 Å². The van der Waals surface area contributed by atoms with E-state index in [1.54, 1.807) is 4.68 Å². The second-order valence-corrected chi connectivity index (χ2v) is 7.77. The summed E-state index contributed by atoms with van der Waals surface area (Å²) in [7, 11) is 1.89. The molecule has 1 atom stereocenters. The minimum Gasteiger partial charge on any atom is -0.332 e. The zero-order valence-electron chi connectivity index (χ0n) is 17.7. The van der Waals surface area contributed by atoms with Gasteiger partial charge in [0, 0.05) is 18.5 Å². The Labute approximate surface area is 163 Å². The molecule has 5 heteroatoms. The highest BCUT2D eigenvalue weighted by atomic mass is 16.1. The summed E-state index contributed by atoms with van der Waals surface area (Å²) in [6.45, 7) is 10.9. The Morgan fingerprint density at radius 1 is 1.22 bits per heavy atom. The van der Waals surface area contributed by atoms with Gasteiger partial charge in [-0.1, -0.05) is 51.5 Å². The van der Waals surface area contributed by atoms with Crippen molar-refractivity contribution >= 4 is 11.6 Å². The minimum atomic E-state index is 0.0133. The van der Waals surface area contributed by atoms with E-state index in [4.69, 9.17) is 0 Å². The Morgan fingerprint density at radius 2 is 1.89 bits per heavy atom. The molecule has 27 heavy (non-hydrogen) atoms. The normalized spacial score (nSPS) is 12.4. The highest BCUT2D eigenvalue weighted by Gasteiger charge is 2.21. The van der Waals surface area contributed by atoms with Gasteiger partial charge in [-0.2, -0.15) is 5.10 Å². The van der Waals surface area contributed by atoms with Crippen LogP contribution in [0.3, 0.4) is 0 Å². The minimum absolute atomic E-state index is 0.0133. The maximum Gasteiger partial charge on any atom is 0.279 e. The van der Waals surface area contributed by atoms with Crippen molar-refractivity contribution in [2.75, 3.05) is 11.9 Å². The van der Waals surface area contributed by atoms with Crippen molar-refractivity contribution in [3.05, 3.63) is 46.8 Å². The quantitative estimate of drug-likeness (QED) is 0.710. The molecule has 3 N–H and O–H groups in total. The van der Waals surface area contributed by atoms with Crippen molar-refractivity contribution in [3.63, 3.8) is 0 Å². The van der Waals surface area contributed by atoms with Crippen LogP contribution < -0.4 is 10.6 Å². The number of anilines is 1. The van der Waals surface area contributed by atoms with E-state index in [-0.39, 0.29) is 11.9 Å². The molecule has 2 rings (SSSR count). The van der Waals surface area contributed by atoms with Gasteiger partial charge in [-0.3, -0.25) is 9.48 Å². The van der Waals surface area contributed by atoms with Crippen LogP contribution in [0.1, 0.15) is 62.2 Å². The number of hydrogen-bond donors (Lipinski definition) is 2. The molecule has 2 aromatic rings. The number of rotatable bonds is 9. The lowest BCUT2D eigenvalue weighted by Crippen LogP contribution is -2.88. The van der Waals surface area contributed by atoms with Crippen LogP contribution >= 0.6 is 0 Å². The van der Waals surface area contributed by atoms with E-state index in [1.807, 2.05) is 20.9 Å². The average Bonchev–Trinajstić information content (AvgIpc) is 2.87. The van der Waals surface area contributed by atoms with Gasteiger partial charge in [0.2, 0.25) is 0 Å². The topological polar surface area (TPSA) is 63.5 Å². The summed E-state index contributed by atoms with van der Waals surface area (Å²) in [5, 5.41) is 9.52. The summed E-state index contributed by atoms with van der Waals surface area (Å²) in [6.07, 6.45) is 3.58. The fourth-order valence-electron chi connectivity index (χ4n) is 3.46. The molecular formula is C22H35N4O+. The number of nitrogens with zero attached hydrogens (tertiary/aromatic N) is 2. The molecule has 148 valence electrons. The molecule has 0 saturated heterocycles. The van der Waals surface area contributed by atoms with Crippen molar-refractivity contribution in [3.8, 4) is 0 Å². The number of aryl methyl sites for hydroxylation is 3. The molecule has 0 radical (unpaired) electrons. The van der Waals surface area contributed by atoms with Gasteiger partial charge < -0.3 is 10.6 Å². The largest absolute Gasteiger partial charge is 0.332 e. The molecule has 0 saturated carbocycles. The zero-order valence-corrected chi connectivity index (χ0v) is 17.7. The zero-order chi connectivity index (χ0) is 20.0. The maximum absolute atomic E-state index is 12.5. The predicted octanol–water partition coefficient (Wildman–Crippen LogP) is 3.28. The molecule has 5 nitrogen and oxygen atoms in total. The summed E-state index contributed by atoms with van der Waals surface area (Å²) in [5.41, 5.74) is 5.34. The second kappa shape index (κ2) is 9.70. The third kappa shape index (κ3) is 5.67. The molecule has 0 spiro atoms. The number of carbonyl (C=O) groups excluding carboxylic acids is 1. The van der Waals surface area contributed by atoms with Crippen molar-refractivity contribution in [2.24, 2.45) is 13.0 Å². The number of carbonyl (C=O) groups is 1. The summed E-state index contributed by atoms with van der Waals surface area (Å²) in [4.78, 5) is 12.5. The molecule has 1 amide bonds. The molecule has 1 aromatic carbocycles. The lowest BCUT2D eigenvalue weighted by atomic mass is 9.94. The fourth-order valence-corrected chi connectivity index (χ4v) is 3.46. The highest BCUT2D eigenvalue weighted by molar-refractivity contribution is 5.92. The van der Waals surface area contributed by atoms with Crippen LogP contribution in [0.15, 0.2) is 24.3 Å². The Bertz CT molecular complexity index is 746. The van der Waals surface area contributed by atoms with E-state index < -0.39 is 0 Å². The third-order valence-corrected chi connectivity index (χ3v) is 5.23. The van der Waals surface area contributed by atoms with Gasteiger partial charge >= 0.3 is 0 Å². The van der Waals surface area contributed by atoms with Gasteiger partial charge in [0.15, 0.2) is 6.54 Å². The van der Waals surface area contributed by atoms with E-state index in [9.17, 15) is 4.79 Å². The molecule has 0 aliphatic heterocycles. The first kappa shape index (κ1) is 21.2. The molecule has 1 aromatic heterocycles. The van der Waals surface area contributed by atoms with Crippen LogP contribution in [0.25, 0.3) is 0 Å². The van der Waals surface area contributed by atoms with Crippen molar-refractivity contribution in [2.45, 2.75) is 59.9 Å². The molecule has 1 heterocycles. The number of unbranched alkanes of at least 4 members (excludes halogenated alkanes) is 1. The molecule has 0 bridgehead atoms. The monoisotopic (exact) mass is 371 g/mol. The molecule has 0 aliphatic rings. The van der Waals surface area contributed by atoms with E-state index >= 15 is 0 Å². The van der Waals surface area contributed by atoms with Crippen LogP contribution in [0.5, 0.6) is 0 Å². The Balaban J connectivity index is 1.98. The first-order chi connectivity index (χ1) is 12.8. The lowest BCUT2D eigenvalue weighted by Gasteiger charge is -2.20. The second-order valence-electron chi connectivity index (χ2n) is 7.77. The molecule has 0 unspecified atom stereocenters. The first-order valence-corrected chi connectivity index (χ1v) is 10.1. The summed E-state index contributed by atoms with van der Waals surface area (Å²) >= 11 is 0. The first-order valence-electron chi connectivity index (χ1n) is 10.1. The van der Waals surface area contributed by atoms with Gasteiger partial charge in [-0.15, -0.1) is 0 Å². The maximum atomic E-state index is 12.5. The summed E-state index contributed by atoms with van der Waals surface area (Å²) in [5.74, 6) is 0.459. The molecule has 0 aliphatic carbocycles. The Hall–Kier alpha value is -2.14. The van der Waals surface area contributed by atoms with Gasteiger partial charge in [0.05, 0.1) is 17.1 Å². The average molecular weight is 372 g/mol. The number of nitrogens with two attached hydrogens (primary N) is 1. The SMILES string of the molecule is CCCCc1ccc([C@H]([NH2+]CC(=O)Nc2c(C)nn(C)c2C)C(C)C)cc1. The third-order valence-electron chi connectivity index (χ3n) is 5.23. The van der Waals surface area contributed by atoms with Crippen LogP contribution in [-0.2, 0) is 18.3 Å². The van der Waals surface area contributed by atoms with Gasteiger partial charge in [-0.05, 0) is 32.3 Å².